The number of hydrogen-bond donors (Lipinski definition) is 1. The SMILES string of the molecule is Cc1ccc(Sc2ccc([C@@H]3[C@@H](c4ccccn4)NC(=S)N3c3ccc(N(C)C)cc3)o2)cc1. The Morgan fingerprint density at radius 3 is 2.41 bits per heavy atom. The number of rotatable bonds is 6. The van der Waals surface area contributed by atoms with E-state index in [-0.39, 0.29) is 12.1 Å². The normalized spacial score (nSPS) is 17.6. The van der Waals surface area contributed by atoms with Crippen molar-refractivity contribution >= 4 is 40.5 Å². The van der Waals surface area contributed by atoms with Crippen molar-refractivity contribution < 1.29 is 4.42 Å². The molecule has 2 atom stereocenters. The molecule has 5 rings (SSSR count). The maximum atomic E-state index is 6.40. The number of nitrogens with one attached hydrogen (secondary N) is 1. The first-order valence-corrected chi connectivity index (χ1v) is 12.3. The van der Waals surface area contributed by atoms with Gasteiger partial charge in [0.1, 0.15) is 11.8 Å². The topological polar surface area (TPSA) is 44.5 Å². The summed E-state index contributed by atoms with van der Waals surface area (Å²) in [6, 6.07) is 26.6. The van der Waals surface area contributed by atoms with Crippen molar-refractivity contribution in [2.24, 2.45) is 0 Å². The minimum atomic E-state index is -0.167. The monoisotopic (exact) mass is 486 g/mol. The highest BCUT2D eigenvalue weighted by molar-refractivity contribution is 7.99. The lowest BCUT2D eigenvalue weighted by Gasteiger charge is -2.26. The van der Waals surface area contributed by atoms with Crippen LogP contribution in [0.4, 0.5) is 11.4 Å². The van der Waals surface area contributed by atoms with Crippen LogP contribution in [0.25, 0.3) is 0 Å². The van der Waals surface area contributed by atoms with Crippen molar-refractivity contribution in [1.82, 2.24) is 10.3 Å². The van der Waals surface area contributed by atoms with Gasteiger partial charge >= 0.3 is 0 Å². The van der Waals surface area contributed by atoms with Crippen molar-refractivity contribution in [2.45, 2.75) is 29.0 Å². The molecule has 2 aromatic heterocycles. The molecule has 0 spiro atoms. The largest absolute Gasteiger partial charge is 0.452 e. The summed E-state index contributed by atoms with van der Waals surface area (Å²) in [5.41, 5.74) is 4.31. The van der Waals surface area contributed by atoms with Crippen LogP contribution in [0.5, 0.6) is 0 Å². The molecule has 2 aromatic carbocycles. The number of pyridine rings is 1. The standard InChI is InChI=1S/C27H26N4OS2/c1-18-7-13-21(14-8-18)34-24-16-15-23(32-24)26-25(22-6-4-5-17-28-22)29-27(33)31(26)20-11-9-19(10-12-20)30(2)3/h4-17,25-26H,1-3H3,(H,29,33)/t25-,26-/m1/s1. The van der Waals surface area contributed by atoms with E-state index in [4.69, 9.17) is 16.6 Å². The van der Waals surface area contributed by atoms with Gasteiger partial charge in [-0.05, 0) is 79.8 Å². The Hall–Kier alpha value is -3.29. The predicted molar refractivity (Wildman–Crippen MR) is 143 cm³/mol. The van der Waals surface area contributed by atoms with Gasteiger partial charge in [-0.3, -0.25) is 4.98 Å². The van der Waals surface area contributed by atoms with Crippen molar-refractivity contribution in [3.63, 3.8) is 0 Å². The zero-order valence-electron chi connectivity index (χ0n) is 19.3. The summed E-state index contributed by atoms with van der Waals surface area (Å²) in [4.78, 5) is 9.97. The summed E-state index contributed by atoms with van der Waals surface area (Å²) in [5.74, 6) is 0.842. The zero-order chi connectivity index (χ0) is 23.7. The van der Waals surface area contributed by atoms with Gasteiger partial charge in [0, 0.05) is 36.6 Å². The molecule has 5 nitrogen and oxygen atoms in total. The molecule has 1 fully saturated rings. The van der Waals surface area contributed by atoms with Crippen LogP contribution >= 0.6 is 24.0 Å². The van der Waals surface area contributed by atoms with E-state index < -0.39 is 0 Å². The number of anilines is 2. The fraction of sp³-hybridized carbons (Fsp3) is 0.185. The summed E-state index contributed by atoms with van der Waals surface area (Å²) in [5, 5.41) is 4.99. The summed E-state index contributed by atoms with van der Waals surface area (Å²) < 4.78 is 6.40. The third-order valence-corrected chi connectivity index (χ3v) is 7.12. The van der Waals surface area contributed by atoms with Crippen LogP contribution in [0.2, 0.25) is 0 Å². The first-order valence-electron chi connectivity index (χ1n) is 11.1. The van der Waals surface area contributed by atoms with Crippen LogP contribution in [-0.2, 0) is 0 Å². The van der Waals surface area contributed by atoms with Gasteiger partial charge in [-0.1, -0.05) is 35.5 Å². The third kappa shape index (κ3) is 4.54. The van der Waals surface area contributed by atoms with E-state index in [1.54, 1.807) is 11.8 Å². The lowest BCUT2D eigenvalue weighted by Crippen LogP contribution is -2.29. The van der Waals surface area contributed by atoms with E-state index in [0.29, 0.717) is 5.11 Å². The average molecular weight is 487 g/mol. The Bertz CT molecular complexity index is 1270. The lowest BCUT2D eigenvalue weighted by atomic mass is 10.0. The minimum absolute atomic E-state index is 0.134. The quantitative estimate of drug-likeness (QED) is 0.317. The number of aryl methyl sites for hydroxylation is 1. The van der Waals surface area contributed by atoms with Crippen LogP contribution in [0.15, 0.2) is 99.5 Å². The number of hydrogen-bond acceptors (Lipinski definition) is 5. The first-order chi connectivity index (χ1) is 16.5. The highest BCUT2D eigenvalue weighted by Gasteiger charge is 2.42. The van der Waals surface area contributed by atoms with Crippen LogP contribution in [0, 0.1) is 6.92 Å². The van der Waals surface area contributed by atoms with Crippen LogP contribution < -0.4 is 15.1 Å². The molecule has 172 valence electrons. The first kappa shape index (κ1) is 22.5. The number of nitrogens with zero attached hydrogens (tertiary/aromatic N) is 3. The average Bonchev–Trinajstić information content (AvgIpc) is 3.45. The fourth-order valence-electron chi connectivity index (χ4n) is 4.10. The lowest BCUT2D eigenvalue weighted by molar-refractivity contribution is 0.383. The zero-order valence-corrected chi connectivity index (χ0v) is 20.9. The molecule has 3 heterocycles. The highest BCUT2D eigenvalue weighted by atomic mass is 32.2. The second-order valence-electron chi connectivity index (χ2n) is 8.48. The second-order valence-corrected chi connectivity index (χ2v) is 9.94. The summed E-state index contributed by atoms with van der Waals surface area (Å²) in [6.07, 6.45) is 1.81. The van der Waals surface area contributed by atoms with Gasteiger partial charge in [-0.2, -0.15) is 0 Å². The van der Waals surface area contributed by atoms with E-state index in [2.05, 4.69) is 75.6 Å². The molecule has 0 radical (unpaired) electrons. The van der Waals surface area contributed by atoms with Crippen molar-refractivity contribution in [2.75, 3.05) is 23.9 Å². The Kier molecular flexibility index (Phi) is 6.30. The predicted octanol–water partition coefficient (Wildman–Crippen LogP) is 6.38. The smallest absolute Gasteiger partial charge is 0.174 e. The van der Waals surface area contributed by atoms with Crippen molar-refractivity contribution in [3.05, 3.63) is 102 Å². The summed E-state index contributed by atoms with van der Waals surface area (Å²) in [7, 11) is 4.07. The molecule has 1 saturated heterocycles. The Labute approximate surface area is 209 Å². The molecule has 0 aliphatic carbocycles. The Morgan fingerprint density at radius 1 is 0.971 bits per heavy atom. The molecule has 7 heteroatoms. The molecular formula is C27H26N4OS2. The van der Waals surface area contributed by atoms with Gasteiger partial charge in [0.15, 0.2) is 10.2 Å². The van der Waals surface area contributed by atoms with Gasteiger partial charge < -0.3 is 19.5 Å². The van der Waals surface area contributed by atoms with Crippen LogP contribution in [-0.4, -0.2) is 24.2 Å². The van der Waals surface area contributed by atoms with E-state index in [9.17, 15) is 0 Å². The molecule has 1 aliphatic heterocycles. The molecule has 0 bridgehead atoms. The summed E-state index contributed by atoms with van der Waals surface area (Å²) in [6.45, 7) is 2.09. The molecule has 0 unspecified atom stereocenters. The van der Waals surface area contributed by atoms with Crippen LogP contribution in [0.3, 0.4) is 0 Å². The van der Waals surface area contributed by atoms with E-state index >= 15 is 0 Å². The number of thiocarbonyl (C=S) groups is 1. The molecule has 0 saturated carbocycles. The van der Waals surface area contributed by atoms with E-state index in [1.807, 2.05) is 50.6 Å². The van der Waals surface area contributed by atoms with Gasteiger partial charge in [0.25, 0.3) is 0 Å². The molecule has 4 aromatic rings. The van der Waals surface area contributed by atoms with E-state index in [0.717, 1.165) is 32.8 Å². The second kappa shape index (κ2) is 9.52. The Balaban J connectivity index is 1.51. The van der Waals surface area contributed by atoms with Gasteiger partial charge in [-0.15, -0.1) is 0 Å². The number of furan rings is 1. The number of aromatic nitrogens is 1. The maximum Gasteiger partial charge on any atom is 0.174 e. The third-order valence-electron chi connectivity index (χ3n) is 5.88. The molecular weight excluding hydrogens is 460 g/mol. The summed E-state index contributed by atoms with van der Waals surface area (Å²) >= 11 is 7.43. The van der Waals surface area contributed by atoms with Gasteiger partial charge in [-0.25, -0.2) is 0 Å². The van der Waals surface area contributed by atoms with Gasteiger partial charge in [0.2, 0.25) is 0 Å². The van der Waals surface area contributed by atoms with Crippen LogP contribution in [0.1, 0.15) is 29.1 Å². The van der Waals surface area contributed by atoms with Crippen molar-refractivity contribution in [1.29, 1.82) is 0 Å². The Morgan fingerprint density at radius 2 is 1.74 bits per heavy atom. The maximum absolute atomic E-state index is 6.40. The van der Waals surface area contributed by atoms with E-state index in [1.165, 1.54) is 5.56 Å². The molecule has 1 aliphatic rings. The fourth-order valence-corrected chi connectivity index (χ4v) is 5.23. The number of benzene rings is 2. The van der Waals surface area contributed by atoms with Crippen molar-refractivity contribution in [3.8, 4) is 0 Å². The molecule has 1 N–H and O–H groups in total. The minimum Gasteiger partial charge on any atom is -0.452 e. The molecule has 0 amide bonds. The highest BCUT2D eigenvalue weighted by Crippen LogP contribution is 2.43. The molecule has 34 heavy (non-hydrogen) atoms. The van der Waals surface area contributed by atoms with Gasteiger partial charge in [0.05, 0.1) is 11.7 Å².